The van der Waals surface area contributed by atoms with Gasteiger partial charge in [-0.1, -0.05) is 5.11 Å². The second-order valence-electron chi connectivity index (χ2n) is 3.23. The zero-order valence-corrected chi connectivity index (χ0v) is 11.7. The first kappa shape index (κ1) is 14.9. The van der Waals surface area contributed by atoms with Crippen LogP contribution in [0.5, 0.6) is 11.5 Å². The van der Waals surface area contributed by atoms with Crippen molar-refractivity contribution in [3.63, 3.8) is 0 Å². The highest BCUT2D eigenvalue weighted by atomic mass is 79.9. The molecule has 1 N–H and O–H groups in total. The highest BCUT2D eigenvalue weighted by Crippen LogP contribution is 2.37. The van der Waals surface area contributed by atoms with E-state index < -0.39 is 5.97 Å². The standard InChI is InChI=1S/C11H10BrN3O4/c1-18-8-4-3-6(10(16)9(8)12)5-7(14-15-13)11(17)19-2/h3-5,16H,1-2H3/b7-5-. The predicted octanol–water partition coefficient (Wildman–Crippen LogP) is 2.99. The molecule has 0 saturated carbocycles. The number of ether oxygens (including phenoxy) is 2. The van der Waals surface area contributed by atoms with Crippen LogP contribution in [0.4, 0.5) is 0 Å². The molecular formula is C11H10BrN3O4. The van der Waals surface area contributed by atoms with E-state index in [-0.39, 0.29) is 17.0 Å². The second-order valence-corrected chi connectivity index (χ2v) is 4.02. The number of carbonyl (C=O) groups excluding carboxylic acids is 1. The fourth-order valence-corrected chi connectivity index (χ4v) is 1.79. The summed E-state index contributed by atoms with van der Waals surface area (Å²) in [6.07, 6.45) is 1.21. The Hall–Kier alpha value is -2.18. The number of rotatable bonds is 4. The van der Waals surface area contributed by atoms with E-state index in [9.17, 15) is 9.90 Å². The molecule has 7 nitrogen and oxygen atoms in total. The predicted molar refractivity (Wildman–Crippen MR) is 71.5 cm³/mol. The van der Waals surface area contributed by atoms with Crippen LogP contribution in [-0.2, 0) is 9.53 Å². The van der Waals surface area contributed by atoms with Crippen molar-refractivity contribution in [3.05, 3.63) is 38.3 Å². The van der Waals surface area contributed by atoms with Crippen molar-refractivity contribution in [1.29, 1.82) is 0 Å². The van der Waals surface area contributed by atoms with E-state index in [1.54, 1.807) is 6.07 Å². The molecule has 0 heterocycles. The van der Waals surface area contributed by atoms with Crippen LogP contribution >= 0.6 is 15.9 Å². The molecule has 0 spiro atoms. The summed E-state index contributed by atoms with van der Waals surface area (Å²) in [6, 6.07) is 3.09. The summed E-state index contributed by atoms with van der Waals surface area (Å²) in [7, 11) is 2.61. The average Bonchev–Trinajstić information content (AvgIpc) is 2.42. The molecule has 1 rings (SSSR count). The van der Waals surface area contributed by atoms with Crippen molar-refractivity contribution in [1.82, 2.24) is 0 Å². The molecule has 100 valence electrons. The largest absolute Gasteiger partial charge is 0.506 e. The second kappa shape index (κ2) is 6.67. The van der Waals surface area contributed by atoms with Gasteiger partial charge in [0.1, 0.15) is 21.7 Å². The van der Waals surface area contributed by atoms with Crippen molar-refractivity contribution in [2.24, 2.45) is 5.11 Å². The number of halogens is 1. The third kappa shape index (κ3) is 3.40. The molecule has 1 aromatic rings. The van der Waals surface area contributed by atoms with Gasteiger partial charge >= 0.3 is 5.97 Å². The highest BCUT2D eigenvalue weighted by Gasteiger charge is 2.13. The summed E-state index contributed by atoms with van der Waals surface area (Å²) >= 11 is 3.15. The Morgan fingerprint density at radius 2 is 2.21 bits per heavy atom. The third-order valence-electron chi connectivity index (χ3n) is 2.17. The van der Waals surface area contributed by atoms with Gasteiger partial charge in [0, 0.05) is 10.5 Å². The Labute approximate surface area is 117 Å². The van der Waals surface area contributed by atoms with Crippen molar-refractivity contribution < 1.29 is 19.4 Å². The molecule has 0 aliphatic heterocycles. The SMILES string of the molecule is COC(=O)/C(=C/c1ccc(OC)c(Br)c1O)N=[N+]=[N-]. The number of aromatic hydroxyl groups is 1. The van der Waals surface area contributed by atoms with E-state index in [4.69, 9.17) is 10.3 Å². The molecular weight excluding hydrogens is 318 g/mol. The van der Waals surface area contributed by atoms with Gasteiger partial charge in [-0.2, -0.15) is 0 Å². The maximum Gasteiger partial charge on any atom is 0.340 e. The van der Waals surface area contributed by atoms with Gasteiger partial charge in [-0.25, -0.2) is 4.79 Å². The minimum absolute atomic E-state index is 0.145. The fraction of sp³-hybridized carbons (Fsp3) is 0.182. The lowest BCUT2D eigenvalue weighted by Gasteiger charge is -2.08. The first-order chi connectivity index (χ1) is 9.04. The summed E-state index contributed by atoms with van der Waals surface area (Å²) in [5.41, 5.74) is 8.40. The summed E-state index contributed by atoms with van der Waals surface area (Å²) < 4.78 is 9.79. The Morgan fingerprint density at radius 3 is 2.74 bits per heavy atom. The minimum Gasteiger partial charge on any atom is -0.506 e. The normalized spacial score (nSPS) is 10.6. The quantitative estimate of drug-likeness (QED) is 0.301. The first-order valence-corrected chi connectivity index (χ1v) is 5.75. The van der Waals surface area contributed by atoms with E-state index in [0.29, 0.717) is 10.2 Å². The summed E-state index contributed by atoms with van der Waals surface area (Å²) in [6.45, 7) is 0. The van der Waals surface area contributed by atoms with Crippen LogP contribution in [0.3, 0.4) is 0 Å². The van der Waals surface area contributed by atoms with E-state index in [2.05, 4.69) is 30.7 Å². The van der Waals surface area contributed by atoms with Crippen molar-refractivity contribution in [2.45, 2.75) is 0 Å². The van der Waals surface area contributed by atoms with Crippen molar-refractivity contribution in [3.8, 4) is 11.5 Å². The number of hydrogen-bond donors (Lipinski definition) is 1. The number of carbonyl (C=O) groups is 1. The Morgan fingerprint density at radius 1 is 1.53 bits per heavy atom. The average molecular weight is 328 g/mol. The van der Waals surface area contributed by atoms with Gasteiger partial charge < -0.3 is 14.6 Å². The van der Waals surface area contributed by atoms with Crippen LogP contribution in [0, 0.1) is 0 Å². The minimum atomic E-state index is -0.802. The molecule has 0 saturated heterocycles. The first-order valence-electron chi connectivity index (χ1n) is 4.95. The van der Waals surface area contributed by atoms with Crippen LogP contribution < -0.4 is 4.74 Å². The zero-order chi connectivity index (χ0) is 14.4. The Kier molecular flexibility index (Phi) is 5.23. The van der Waals surface area contributed by atoms with Crippen LogP contribution in [-0.4, -0.2) is 25.3 Å². The number of nitrogens with zero attached hydrogens (tertiary/aromatic N) is 3. The smallest absolute Gasteiger partial charge is 0.340 e. The van der Waals surface area contributed by atoms with Crippen LogP contribution in [0.2, 0.25) is 0 Å². The summed E-state index contributed by atoms with van der Waals surface area (Å²) in [5, 5.41) is 13.1. The zero-order valence-electron chi connectivity index (χ0n) is 10.1. The summed E-state index contributed by atoms with van der Waals surface area (Å²) in [5.74, 6) is -0.518. The molecule has 0 atom stereocenters. The van der Waals surface area contributed by atoms with Gasteiger partial charge in [-0.3, -0.25) is 0 Å². The number of azide groups is 1. The van der Waals surface area contributed by atoms with Crippen LogP contribution in [0.15, 0.2) is 27.4 Å². The lowest BCUT2D eigenvalue weighted by atomic mass is 10.1. The molecule has 0 radical (unpaired) electrons. The number of esters is 1. The van der Waals surface area contributed by atoms with E-state index in [1.807, 2.05) is 0 Å². The third-order valence-corrected chi connectivity index (χ3v) is 2.94. The van der Waals surface area contributed by atoms with Gasteiger partial charge in [0.2, 0.25) is 0 Å². The highest BCUT2D eigenvalue weighted by molar-refractivity contribution is 9.10. The molecule has 0 fully saturated rings. The van der Waals surface area contributed by atoms with Gasteiger partial charge in [0.15, 0.2) is 0 Å². The molecule has 0 unspecified atom stereocenters. The number of phenolic OH excluding ortho intramolecular Hbond substituents is 1. The van der Waals surface area contributed by atoms with E-state index >= 15 is 0 Å². The van der Waals surface area contributed by atoms with Gasteiger partial charge in [0.25, 0.3) is 0 Å². The fourth-order valence-electron chi connectivity index (χ4n) is 1.26. The lowest BCUT2D eigenvalue weighted by Crippen LogP contribution is -2.02. The van der Waals surface area contributed by atoms with Gasteiger partial charge in [-0.05, 0) is 39.7 Å². The molecule has 8 heteroatoms. The molecule has 1 aromatic carbocycles. The maximum atomic E-state index is 11.4. The Bertz CT molecular complexity index is 580. The number of phenols is 1. The Balaban J connectivity index is 3.33. The topological polar surface area (TPSA) is 105 Å². The van der Waals surface area contributed by atoms with Crippen molar-refractivity contribution >= 4 is 28.0 Å². The van der Waals surface area contributed by atoms with E-state index in [1.165, 1.54) is 19.3 Å². The van der Waals surface area contributed by atoms with Crippen molar-refractivity contribution in [2.75, 3.05) is 14.2 Å². The summed E-state index contributed by atoms with van der Waals surface area (Å²) in [4.78, 5) is 13.9. The van der Waals surface area contributed by atoms with Gasteiger partial charge in [0.05, 0.1) is 14.2 Å². The molecule has 0 aromatic heterocycles. The molecule has 19 heavy (non-hydrogen) atoms. The monoisotopic (exact) mass is 327 g/mol. The number of methoxy groups -OCH3 is 2. The number of benzene rings is 1. The van der Waals surface area contributed by atoms with E-state index in [0.717, 1.165) is 7.11 Å². The molecule has 0 amide bonds. The molecule has 0 bridgehead atoms. The van der Waals surface area contributed by atoms with Crippen LogP contribution in [0.25, 0.3) is 16.5 Å². The maximum absolute atomic E-state index is 11.4. The van der Waals surface area contributed by atoms with Crippen LogP contribution in [0.1, 0.15) is 5.56 Å². The molecule has 0 aliphatic rings. The lowest BCUT2D eigenvalue weighted by molar-refractivity contribution is -0.136. The number of hydrogen-bond acceptors (Lipinski definition) is 5. The van der Waals surface area contributed by atoms with Gasteiger partial charge in [-0.15, -0.1) is 0 Å². The molecule has 0 aliphatic carbocycles.